The van der Waals surface area contributed by atoms with Crippen molar-refractivity contribution in [2.45, 2.75) is 58.2 Å². The van der Waals surface area contributed by atoms with Gasteiger partial charge in [0.1, 0.15) is 46.8 Å². The van der Waals surface area contributed by atoms with Crippen LogP contribution in [0.1, 0.15) is 47.0 Å². The van der Waals surface area contributed by atoms with Gasteiger partial charge in [-0.25, -0.2) is 0 Å². The van der Waals surface area contributed by atoms with Gasteiger partial charge in [0.15, 0.2) is 17.3 Å². The van der Waals surface area contributed by atoms with E-state index in [0.29, 0.717) is 29.0 Å². The number of allylic oxidation sites excluding steroid dienone is 9. The highest BCUT2D eigenvalue weighted by molar-refractivity contribution is 6.32. The van der Waals surface area contributed by atoms with Gasteiger partial charge in [-0.3, -0.25) is 0 Å². The molecule has 3 rings (SSSR count). The number of nitriles is 6. The first-order valence-electron chi connectivity index (χ1n) is 12.0. The molecule has 0 aromatic carbocycles. The largest absolute Gasteiger partial charge is 0.484 e. The third-order valence-corrected chi connectivity index (χ3v) is 7.07. The summed E-state index contributed by atoms with van der Waals surface area (Å²) < 4.78 is 11.7. The summed E-state index contributed by atoms with van der Waals surface area (Å²) in [7, 11) is 0. The predicted molar refractivity (Wildman–Crippen MR) is 141 cm³/mol. The van der Waals surface area contributed by atoms with Crippen LogP contribution >= 0.6 is 11.6 Å². The van der Waals surface area contributed by atoms with E-state index in [1.165, 1.54) is 0 Å². The average molecular weight is 535 g/mol. The van der Waals surface area contributed by atoms with E-state index < -0.39 is 17.1 Å². The van der Waals surface area contributed by atoms with Gasteiger partial charge in [-0.05, 0) is 58.1 Å². The van der Waals surface area contributed by atoms with Crippen LogP contribution in [-0.2, 0) is 9.47 Å². The Bertz CT molecular complexity index is 1570. The van der Waals surface area contributed by atoms with Crippen LogP contribution in [0.15, 0.2) is 79.9 Å². The summed E-state index contributed by atoms with van der Waals surface area (Å²) in [5.74, 6) is -1.16. The fourth-order valence-corrected chi connectivity index (χ4v) is 4.94. The minimum Gasteiger partial charge on any atom is -0.484 e. The van der Waals surface area contributed by atoms with Crippen molar-refractivity contribution >= 4 is 11.6 Å². The molecule has 0 fully saturated rings. The molecular formula is C30H23ClN6O2. The van der Waals surface area contributed by atoms with E-state index in [0.717, 1.165) is 17.6 Å². The molecule has 0 radical (unpaired) electrons. The quantitative estimate of drug-likeness (QED) is 0.382. The number of hydrogen-bond donors (Lipinski definition) is 0. The maximum absolute atomic E-state index is 9.76. The normalized spacial score (nSPS) is 21.7. The first-order chi connectivity index (χ1) is 18.5. The van der Waals surface area contributed by atoms with Crippen LogP contribution < -0.4 is 0 Å². The Hall–Kier alpha value is -4.99. The number of rotatable bonds is 4. The van der Waals surface area contributed by atoms with Gasteiger partial charge in [-0.2, -0.15) is 31.6 Å². The monoisotopic (exact) mass is 534 g/mol. The lowest BCUT2D eigenvalue weighted by Gasteiger charge is -2.22. The Morgan fingerprint density at radius 2 is 1.49 bits per heavy atom. The molecule has 0 aromatic heterocycles. The van der Waals surface area contributed by atoms with Gasteiger partial charge in [0.2, 0.25) is 0 Å². The van der Waals surface area contributed by atoms with Crippen LogP contribution in [-0.4, -0.2) is 11.2 Å². The zero-order valence-corrected chi connectivity index (χ0v) is 22.6. The lowest BCUT2D eigenvalue weighted by Crippen LogP contribution is -2.22. The van der Waals surface area contributed by atoms with Gasteiger partial charge in [0.05, 0.1) is 17.7 Å². The zero-order valence-electron chi connectivity index (χ0n) is 21.9. The lowest BCUT2D eigenvalue weighted by molar-refractivity contribution is 0.0805. The van der Waals surface area contributed by atoms with Crippen LogP contribution in [0.5, 0.6) is 0 Å². The maximum atomic E-state index is 9.76. The minimum absolute atomic E-state index is 0.0276. The van der Waals surface area contributed by atoms with Crippen LogP contribution in [0.3, 0.4) is 0 Å². The van der Waals surface area contributed by atoms with E-state index in [1.807, 2.05) is 24.3 Å². The summed E-state index contributed by atoms with van der Waals surface area (Å²) in [6.07, 6.45) is 9.31. The molecular weight excluding hydrogens is 512 g/mol. The molecule has 0 saturated carbocycles. The van der Waals surface area contributed by atoms with Gasteiger partial charge < -0.3 is 9.47 Å². The summed E-state index contributed by atoms with van der Waals surface area (Å²) in [4.78, 5) is 0. The second-order valence-corrected chi connectivity index (χ2v) is 10.3. The van der Waals surface area contributed by atoms with Crippen LogP contribution in [0, 0.1) is 73.9 Å². The van der Waals surface area contributed by atoms with Crippen LogP contribution in [0.4, 0.5) is 0 Å². The molecule has 0 amide bonds. The van der Waals surface area contributed by atoms with Crippen molar-refractivity contribution in [1.82, 2.24) is 0 Å². The van der Waals surface area contributed by atoms with Gasteiger partial charge in [0, 0.05) is 16.2 Å². The molecule has 39 heavy (non-hydrogen) atoms. The molecule has 192 valence electrons. The first-order valence-corrected chi connectivity index (χ1v) is 12.4. The van der Waals surface area contributed by atoms with Crippen molar-refractivity contribution in [2.75, 3.05) is 0 Å². The molecule has 0 spiro atoms. The molecule has 0 N–H and O–H groups in total. The number of nitrogens with zero attached hydrogens (tertiary/aromatic N) is 6. The minimum atomic E-state index is -1.18. The van der Waals surface area contributed by atoms with E-state index in [1.54, 1.807) is 52.0 Å². The molecule has 3 aliphatic rings. The number of hydrogen-bond acceptors (Lipinski definition) is 8. The second-order valence-electron chi connectivity index (χ2n) is 9.89. The van der Waals surface area contributed by atoms with Crippen molar-refractivity contribution in [3.05, 3.63) is 79.9 Å². The molecule has 9 heteroatoms. The Balaban J connectivity index is 2.05. The first kappa shape index (κ1) is 28.6. The predicted octanol–water partition coefficient (Wildman–Crippen LogP) is 6.25. The van der Waals surface area contributed by atoms with E-state index >= 15 is 0 Å². The summed E-state index contributed by atoms with van der Waals surface area (Å²) in [6.45, 7) is 7.03. The third kappa shape index (κ3) is 5.35. The van der Waals surface area contributed by atoms with Crippen molar-refractivity contribution in [3.8, 4) is 36.4 Å². The highest BCUT2D eigenvalue weighted by Gasteiger charge is 2.41. The number of halogens is 1. The highest BCUT2D eigenvalue weighted by atomic mass is 35.5. The van der Waals surface area contributed by atoms with E-state index in [2.05, 4.69) is 12.1 Å². The van der Waals surface area contributed by atoms with Crippen molar-refractivity contribution in [3.63, 3.8) is 0 Å². The molecule has 0 atom stereocenters. The summed E-state index contributed by atoms with van der Waals surface area (Å²) in [5.41, 5.74) is 0.932. The van der Waals surface area contributed by atoms with Crippen molar-refractivity contribution in [2.24, 2.45) is 5.92 Å². The summed E-state index contributed by atoms with van der Waals surface area (Å²) >= 11 is 6.78. The van der Waals surface area contributed by atoms with Gasteiger partial charge >= 0.3 is 0 Å². The Morgan fingerprint density at radius 3 is 2.05 bits per heavy atom. The number of ether oxygens (including phenoxy) is 2. The van der Waals surface area contributed by atoms with Gasteiger partial charge in [0.25, 0.3) is 0 Å². The fourth-order valence-electron chi connectivity index (χ4n) is 4.62. The van der Waals surface area contributed by atoms with Crippen molar-refractivity contribution < 1.29 is 9.47 Å². The van der Waals surface area contributed by atoms with Crippen LogP contribution in [0.25, 0.3) is 0 Å². The second kappa shape index (κ2) is 11.2. The SMILES string of the molecule is CC1(C)OC(C(C#N)C#N)=C(C#N)C1=CC=C1CCCC(C=CC2=C(C#N)C(=C(C#N)C#N)OC2(C)C)=C1Cl. The lowest BCUT2D eigenvalue weighted by atomic mass is 9.89. The molecule has 2 heterocycles. The van der Waals surface area contributed by atoms with E-state index in [-0.39, 0.29) is 28.2 Å². The average Bonchev–Trinajstić information content (AvgIpc) is 3.31. The summed E-state index contributed by atoms with van der Waals surface area (Å²) in [6, 6.07) is 11.4. The molecule has 0 unspecified atom stereocenters. The smallest absolute Gasteiger partial charge is 0.191 e. The summed E-state index contributed by atoms with van der Waals surface area (Å²) in [5, 5.41) is 57.2. The maximum Gasteiger partial charge on any atom is 0.191 e. The fraction of sp³-hybridized carbons (Fsp3) is 0.333. The van der Waals surface area contributed by atoms with Gasteiger partial charge in [-0.15, -0.1) is 0 Å². The van der Waals surface area contributed by atoms with E-state index in [4.69, 9.17) is 21.1 Å². The standard InChI is InChI=1S/C30H23ClN6O2/c1-29(2)24(22(16-36)27(38-29)20(12-32)13-33)10-8-18-6-5-7-19(26(18)31)9-11-25-23(17-37)28(21(14-34)15-35)39-30(25,3)4/h8-11,20H,5-7H2,1-4H3. The third-order valence-electron chi connectivity index (χ3n) is 6.58. The van der Waals surface area contributed by atoms with E-state index in [9.17, 15) is 31.6 Å². The van der Waals surface area contributed by atoms with Crippen LogP contribution in [0.2, 0.25) is 0 Å². The highest BCUT2D eigenvalue weighted by Crippen LogP contribution is 2.43. The Kier molecular flexibility index (Phi) is 8.19. The zero-order chi connectivity index (χ0) is 29.0. The molecule has 0 aromatic rings. The molecule has 8 nitrogen and oxygen atoms in total. The Labute approximate surface area is 232 Å². The Morgan fingerprint density at radius 1 is 0.846 bits per heavy atom. The van der Waals surface area contributed by atoms with Crippen molar-refractivity contribution in [1.29, 1.82) is 31.6 Å². The topological polar surface area (TPSA) is 161 Å². The van der Waals surface area contributed by atoms with Gasteiger partial charge in [-0.1, -0.05) is 35.9 Å². The molecule has 0 saturated heterocycles. The molecule has 2 aliphatic heterocycles. The molecule has 0 bridgehead atoms. The molecule has 1 aliphatic carbocycles.